The van der Waals surface area contributed by atoms with Gasteiger partial charge in [0.05, 0.1) is 33.5 Å². The molecule has 0 unspecified atom stereocenters. The monoisotopic (exact) mass is 548 g/mol. The summed E-state index contributed by atoms with van der Waals surface area (Å²) >= 11 is 6.88. The molecule has 0 fully saturated rings. The van der Waals surface area contributed by atoms with E-state index in [2.05, 4.69) is 58.1 Å². The number of para-hydroxylation sites is 1. The van der Waals surface area contributed by atoms with E-state index in [0.29, 0.717) is 16.7 Å². The number of hydrogen-bond acceptors (Lipinski definition) is 2. The van der Waals surface area contributed by atoms with Crippen LogP contribution in [0.2, 0.25) is 5.02 Å². The normalized spacial score (nSPS) is 11.0. The summed E-state index contributed by atoms with van der Waals surface area (Å²) in [4.78, 5) is 14.1. The molecule has 0 radical (unpaired) electrons. The zero-order chi connectivity index (χ0) is 27.6. The van der Waals surface area contributed by atoms with E-state index in [0.717, 1.165) is 50.7 Å². The Morgan fingerprint density at radius 3 is 1.56 bits per heavy atom. The molecule has 7 aromatic rings. The number of benzene rings is 5. The summed E-state index contributed by atoms with van der Waals surface area (Å²) in [6.07, 6.45) is 0. The van der Waals surface area contributed by atoms with Crippen molar-refractivity contribution < 1.29 is 0 Å². The van der Waals surface area contributed by atoms with Gasteiger partial charge in [-0.2, -0.15) is 0 Å². The smallest absolute Gasteiger partial charge is 0.182 e. The Hall–Kier alpha value is -5.19. The van der Waals surface area contributed by atoms with Crippen molar-refractivity contribution in [2.45, 2.75) is 0 Å². The van der Waals surface area contributed by atoms with Crippen LogP contribution in [0.1, 0.15) is 0 Å². The topological polar surface area (TPSA) is 46.5 Å². The third kappa shape index (κ3) is 4.65. The van der Waals surface area contributed by atoms with Gasteiger partial charge in [0.15, 0.2) is 11.6 Å². The van der Waals surface area contributed by atoms with Crippen LogP contribution in [0.3, 0.4) is 0 Å². The van der Waals surface area contributed by atoms with Crippen molar-refractivity contribution in [3.05, 3.63) is 151 Å². The largest absolute Gasteiger partial charge is 0.335 e. The minimum Gasteiger partial charge on any atom is -0.335 e. The number of rotatable bonds is 6. The second-order valence-corrected chi connectivity index (χ2v) is 10.1. The molecule has 1 N–H and O–H groups in total. The molecule has 5 aromatic carbocycles. The van der Waals surface area contributed by atoms with Crippen molar-refractivity contribution >= 4 is 11.6 Å². The van der Waals surface area contributed by atoms with E-state index in [1.54, 1.807) is 0 Å². The van der Waals surface area contributed by atoms with Crippen LogP contribution in [-0.4, -0.2) is 19.5 Å². The maximum Gasteiger partial charge on any atom is 0.182 e. The van der Waals surface area contributed by atoms with Crippen LogP contribution < -0.4 is 0 Å². The van der Waals surface area contributed by atoms with Crippen LogP contribution in [0.4, 0.5) is 0 Å². The minimum absolute atomic E-state index is 0.626. The highest BCUT2D eigenvalue weighted by Gasteiger charge is 2.26. The summed E-state index contributed by atoms with van der Waals surface area (Å²) < 4.78 is 2.13. The first-order chi connectivity index (χ1) is 20.3. The van der Waals surface area contributed by atoms with E-state index in [1.165, 1.54) is 0 Å². The molecule has 0 saturated heterocycles. The predicted octanol–water partition coefficient (Wildman–Crippen LogP) is 9.58. The van der Waals surface area contributed by atoms with Crippen LogP contribution in [0, 0.1) is 0 Å². The Kier molecular flexibility index (Phi) is 6.51. The molecule has 0 amide bonds. The Labute approximate surface area is 243 Å². The first kappa shape index (κ1) is 24.8. The van der Waals surface area contributed by atoms with E-state index in [9.17, 15) is 0 Å². The summed E-state index contributed by atoms with van der Waals surface area (Å²) in [6.45, 7) is 0. The molecule has 0 atom stereocenters. The van der Waals surface area contributed by atoms with Crippen molar-refractivity contribution in [1.29, 1.82) is 0 Å². The Bertz CT molecular complexity index is 1870. The predicted molar refractivity (Wildman–Crippen MR) is 168 cm³/mol. The average Bonchev–Trinajstić information content (AvgIpc) is 3.66. The molecule has 196 valence electrons. The molecule has 2 heterocycles. The zero-order valence-corrected chi connectivity index (χ0v) is 22.8. The molecule has 4 nitrogen and oxygen atoms in total. The van der Waals surface area contributed by atoms with Gasteiger partial charge in [0.2, 0.25) is 0 Å². The SMILES string of the molecule is Clc1ccccc1-n1c(-c2nc(-c3ccccc3)c(-c3ccccc3)[nH]2)nc(-c2ccccc2)c1-c1ccccc1. The van der Waals surface area contributed by atoms with Gasteiger partial charge in [0.1, 0.15) is 0 Å². The summed E-state index contributed by atoms with van der Waals surface area (Å²) in [5.74, 6) is 1.33. The fourth-order valence-electron chi connectivity index (χ4n) is 5.20. The lowest BCUT2D eigenvalue weighted by Gasteiger charge is -2.14. The first-order valence-corrected chi connectivity index (χ1v) is 13.9. The number of halogens is 1. The summed E-state index contributed by atoms with van der Waals surface area (Å²) in [5.41, 5.74) is 8.54. The second kappa shape index (κ2) is 10.8. The molecule has 0 aliphatic heterocycles. The van der Waals surface area contributed by atoms with Gasteiger partial charge in [-0.3, -0.25) is 4.57 Å². The molecule has 0 aliphatic rings. The zero-order valence-electron chi connectivity index (χ0n) is 22.1. The fraction of sp³-hybridized carbons (Fsp3) is 0. The molecular weight excluding hydrogens is 524 g/mol. The van der Waals surface area contributed by atoms with Gasteiger partial charge >= 0.3 is 0 Å². The molecule has 41 heavy (non-hydrogen) atoms. The highest BCUT2D eigenvalue weighted by molar-refractivity contribution is 6.32. The van der Waals surface area contributed by atoms with Crippen molar-refractivity contribution in [2.24, 2.45) is 0 Å². The van der Waals surface area contributed by atoms with Gasteiger partial charge in [0.25, 0.3) is 0 Å². The maximum atomic E-state index is 6.88. The highest BCUT2D eigenvalue weighted by atomic mass is 35.5. The summed E-state index contributed by atoms with van der Waals surface area (Å²) in [5, 5.41) is 0.626. The quantitative estimate of drug-likeness (QED) is 0.225. The minimum atomic E-state index is 0.626. The average molecular weight is 549 g/mol. The standard InChI is InChI=1S/C36H25ClN4/c37-29-23-13-14-24-30(29)41-34(28-21-11-4-12-22-28)33(27-19-9-3-10-20-27)40-36(41)35-38-31(25-15-5-1-6-16-25)32(39-35)26-17-7-2-8-18-26/h1-24H,(H,38,39). The molecule has 0 saturated carbocycles. The van der Waals surface area contributed by atoms with E-state index >= 15 is 0 Å². The number of nitrogens with zero attached hydrogens (tertiary/aromatic N) is 3. The van der Waals surface area contributed by atoms with Gasteiger partial charge in [-0.15, -0.1) is 0 Å². The van der Waals surface area contributed by atoms with Gasteiger partial charge in [-0.1, -0.05) is 145 Å². The number of aromatic amines is 1. The van der Waals surface area contributed by atoms with Gasteiger partial charge in [-0.25, -0.2) is 9.97 Å². The van der Waals surface area contributed by atoms with Crippen LogP contribution in [0.15, 0.2) is 146 Å². The van der Waals surface area contributed by atoms with Crippen LogP contribution in [0.25, 0.3) is 62.4 Å². The third-order valence-electron chi connectivity index (χ3n) is 7.09. The number of aromatic nitrogens is 4. The number of nitrogens with one attached hydrogen (secondary N) is 1. The van der Waals surface area contributed by atoms with Gasteiger partial charge in [0, 0.05) is 22.3 Å². The molecule has 0 spiro atoms. The van der Waals surface area contributed by atoms with E-state index in [-0.39, 0.29) is 0 Å². The molecule has 0 aliphatic carbocycles. The number of imidazole rings is 2. The van der Waals surface area contributed by atoms with Gasteiger partial charge < -0.3 is 4.98 Å². The van der Waals surface area contributed by atoms with Crippen LogP contribution in [0.5, 0.6) is 0 Å². The van der Waals surface area contributed by atoms with Crippen molar-refractivity contribution in [3.8, 4) is 62.4 Å². The van der Waals surface area contributed by atoms with Gasteiger partial charge in [-0.05, 0) is 12.1 Å². The lowest BCUT2D eigenvalue weighted by atomic mass is 10.0. The van der Waals surface area contributed by atoms with Crippen molar-refractivity contribution in [2.75, 3.05) is 0 Å². The molecule has 0 bridgehead atoms. The maximum absolute atomic E-state index is 6.88. The van der Waals surface area contributed by atoms with E-state index in [1.807, 2.05) is 97.1 Å². The van der Waals surface area contributed by atoms with Crippen LogP contribution in [-0.2, 0) is 0 Å². The lowest BCUT2D eigenvalue weighted by molar-refractivity contribution is 1.05. The fourth-order valence-corrected chi connectivity index (χ4v) is 5.42. The molecule has 7 rings (SSSR count). The number of H-pyrrole nitrogens is 1. The molecule has 5 heteroatoms. The molecule has 2 aromatic heterocycles. The Morgan fingerprint density at radius 2 is 0.976 bits per heavy atom. The molecular formula is C36H25ClN4. The summed E-state index contributed by atoms with van der Waals surface area (Å²) in [7, 11) is 0. The van der Waals surface area contributed by atoms with Crippen molar-refractivity contribution in [3.63, 3.8) is 0 Å². The third-order valence-corrected chi connectivity index (χ3v) is 7.41. The number of hydrogen-bond donors (Lipinski definition) is 1. The second-order valence-electron chi connectivity index (χ2n) is 9.69. The lowest BCUT2D eigenvalue weighted by Crippen LogP contribution is -2.02. The van der Waals surface area contributed by atoms with E-state index < -0.39 is 0 Å². The first-order valence-electron chi connectivity index (χ1n) is 13.5. The summed E-state index contributed by atoms with van der Waals surface area (Å²) in [6, 6.07) is 49.0. The van der Waals surface area contributed by atoms with Crippen LogP contribution >= 0.6 is 11.6 Å². The van der Waals surface area contributed by atoms with E-state index in [4.69, 9.17) is 21.6 Å². The van der Waals surface area contributed by atoms with Crippen molar-refractivity contribution in [1.82, 2.24) is 19.5 Å². The highest BCUT2D eigenvalue weighted by Crippen LogP contribution is 2.41. The Balaban J connectivity index is 1.57. The Morgan fingerprint density at radius 1 is 0.488 bits per heavy atom.